The number of rotatable bonds is 2. The molecule has 0 bridgehead atoms. The Hall–Kier alpha value is -2.29. The molecule has 0 aliphatic carbocycles. The van der Waals surface area contributed by atoms with Crippen LogP contribution in [-0.4, -0.2) is 21.3 Å². The second-order valence-electron chi connectivity index (χ2n) is 2.18. The maximum atomic E-state index is 10.1. The van der Waals surface area contributed by atoms with E-state index in [0.29, 0.717) is 5.69 Å². The maximum absolute atomic E-state index is 10.1. The van der Waals surface area contributed by atoms with Crippen LogP contribution in [-0.2, 0) is 4.79 Å². The van der Waals surface area contributed by atoms with Gasteiger partial charge >= 0.3 is 5.97 Å². The number of carbonyl (C=O) groups is 1. The predicted octanol–water partition coefficient (Wildman–Crippen LogP) is -0.0386. The molecule has 0 aliphatic heterocycles. The number of nitrogens with one attached hydrogen (secondary N) is 1. The van der Waals surface area contributed by atoms with Crippen molar-refractivity contribution in [1.82, 2.24) is 10.2 Å². The molecule has 0 aromatic carbocycles. The third-order valence-electron chi connectivity index (χ3n) is 1.33. The molecule has 13 heavy (non-hydrogen) atoms. The Bertz CT molecular complexity index is 399. The number of aliphatic carboxylic acids is 1. The molecule has 1 rings (SSSR count). The Labute approximate surface area is 73.3 Å². The molecule has 0 aliphatic rings. The smallest absolute Gasteiger partial charge is 0.328 e. The average Bonchev–Trinajstić information content (AvgIpc) is 2.42. The van der Waals surface area contributed by atoms with Crippen LogP contribution in [0.4, 0.5) is 5.82 Å². The van der Waals surface area contributed by atoms with E-state index in [-0.39, 0.29) is 11.4 Å². The second kappa shape index (κ2) is 3.40. The number of aromatic nitrogens is 2. The normalized spacial score (nSPS) is 10.1. The highest BCUT2D eigenvalue weighted by molar-refractivity contribution is 5.85. The minimum Gasteiger partial charge on any atom is -0.478 e. The first-order valence-electron chi connectivity index (χ1n) is 3.30. The summed E-state index contributed by atoms with van der Waals surface area (Å²) < 4.78 is 0. The fourth-order valence-electron chi connectivity index (χ4n) is 0.763. The van der Waals surface area contributed by atoms with Crippen LogP contribution < -0.4 is 5.73 Å². The maximum Gasteiger partial charge on any atom is 0.328 e. The summed E-state index contributed by atoms with van der Waals surface area (Å²) in [5.41, 5.74) is 5.76. The molecule has 6 heteroatoms. The van der Waals surface area contributed by atoms with Gasteiger partial charge in [0, 0.05) is 6.08 Å². The number of aromatic amines is 1. The van der Waals surface area contributed by atoms with Crippen molar-refractivity contribution in [2.24, 2.45) is 0 Å². The van der Waals surface area contributed by atoms with Gasteiger partial charge in [0.15, 0.2) is 5.82 Å². The van der Waals surface area contributed by atoms with Gasteiger partial charge in [0.1, 0.15) is 11.6 Å². The quantitative estimate of drug-likeness (QED) is 0.549. The number of hydrogen-bond donors (Lipinski definition) is 3. The molecule has 66 valence electrons. The molecule has 0 amide bonds. The van der Waals surface area contributed by atoms with Gasteiger partial charge in [0.25, 0.3) is 0 Å². The van der Waals surface area contributed by atoms with Crippen LogP contribution in [0.25, 0.3) is 6.08 Å². The van der Waals surface area contributed by atoms with Crippen LogP contribution in [0.3, 0.4) is 0 Å². The van der Waals surface area contributed by atoms with Gasteiger partial charge in [-0.2, -0.15) is 10.4 Å². The minimum absolute atomic E-state index is 0.0625. The highest BCUT2D eigenvalue weighted by Crippen LogP contribution is 2.12. The second-order valence-corrected chi connectivity index (χ2v) is 2.18. The zero-order chi connectivity index (χ0) is 9.84. The third kappa shape index (κ3) is 1.84. The van der Waals surface area contributed by atoms with Crippen LogP contribution in [0.1, 0.15) is 11.3 Å². The van der Waals surface area contributed by atoms with E-state index >= 15 is 0 Å². The van der Waals surface area contributed by atoms with E-state index in [9.17, 15) is 4.79 Å². The summed E-state index contributed by atoms with van der Waals surface area (Å²) in [6, 6.07) is 1.80. The van der Waals surface area contributed by atoms with Crippen molar-refractivity contribution in [3.05, 3.63) is 17.3 Å². The van der Waals surface area contributed by atoms with Crippen molar-refractivity contribution in [3.8, 4) is 6.07 Å². The zero-order valence-electron chi connectivity index (χ0n) is 6.48. The van der Waals surface area contributed by atoms with Crippen LogP contribution in [0.5, 0.6) is 0 Å². The number of carboxylic acids is 1. The summed E-state index contributed by atoms with van der Waals surface area (Å²) in [6.07, 6.45) is 2.12. The number of nitrogens with zero attached hydrogens (tertiary/aromatic N) is 2. The number of hydrogen-bond acceptors (Lipinski definition) is 4. The Morgan fingerprint density at radius 2 is 2.46 bits per heavy atom. The van der Waals surface area contributed by atoms with Crippen molar-refractivity contribution in [3.63, 3.8) is 0 Å². The first-order chi connectivity index (χ1) is 6.15. The van der Waals surface area contributed by atoms with Gasteiger partial charge in [0.2, 0.25) is 0 Å². The summed E-state index contributed by atoms with van der Waals surface area (Å²) in [4.78, 5) is 10.1. The van der Waals surface area contributed by atoms with Crippen molar-refractivity contribution in [2.45, 2.75) is 0 Å². The topological polar surface area (TPSA) is 116 Å². The van der Waals surface area contributed by atoms with Gasteiger partial charge in [-0.1, -0.05) is 0 Å². The largest absolute Gasteiger partial charge is 0.478 e. The minimum atomic E-state index is -1.10. The lowest BCUT2D eigenvalue weighted by atomic mass is 10.2. The van der Waals surface area contributed by atoms with Gasteiger partial charge in [-0.25, -0.2) is 4.79 Å². The SMILES string of the molecule is N#Cc1c(N)n[nH]c1C=CC(=O)O. The molecule has 0 fully saturated rings. The summed E-state index contributed by atoms with van der Waals surface area (Å²) in [7, 11) is 0. The average molecular weight is 178 g/mol. The fraction of sp³-hybridized carbons (Fsp3) is 0. The molecule has 4 N–H and O–H groups in total. The summed E-state index contributed by atoms with van der Waals surface area (Å²) in [5, 5.41) is 22.9. The molecule has 0 spiro atoms. The summed E-state index contributed by atoms with van der Waals surface area (Å²) in [5.74, 6) is -1.04. The molecule has 0 unspecified atom stereocenters. The Kier molecular flexibility index (Phi) is 2.31. The Morgan fingerprint density at radius 1 is 1.77 bits per heavy atom. The summed E-state index contributed by atoms with van der Waals surface area (Å²) in [6.45, 7) is 0. The number of nitrogens with two attached hydrogens (primary N) is 1. The van der Waals surface area contributed by atoms with E-state index in [4.69, 9.17) is 16.1 Å². The molecular weight excluding hydrogens is 172 g/mol. The molecule has 1 aromatic rings. The van der Waals surface area contributed by atoms with Crippen LogP contribution in [0.2, 0.25) is 0 Å². The van der Waals surface area contributed by atoms with E-state index < -0.39 is 5.97 Å². The van der Waals surface area contributed by atoms with Crippen LogP contribution in [0.15, 0.2) is 6.08 Å². The number of carboxylic acid groups (broad SMARTS) is 1. The molecule has 6 nitrogen and oxygen atoms in total. The van der Waals surface area contributed by atoms with Gasteiger partial charge in [-0.15, -0.1) is 0 Å². The first kappa shape index (κ1) is 8.80. The molecular formula is C7H6N4O2. The number of H-pyrrole nitrogens is 1. The molecule has 0 radical (unpaired) electrons. The lowest BCUT2D eigenvalue weighted by Gasteiger charge is -1.85. The molecule has 0 saturated carbocycles. The van der Waals surface area contributed by atoms with E-state index in [2.05, 4.69) is 10.2 Å². The lowest BCUT2D eigenvalue weighted by molar-refractivity contribution is -0.131. The third-order valence-corrected chi connectivity index (χ3v) is 1.33. The summed E-state index contributed by atoms with van der Waals surface area (Å²) >= 11 is 0. The van der Waals surface area contributed by atoms with E-state index in [1.807, 2.05) is 0 Å². The van der Waals surface area contributed by atoms with Gasteiger partial charge < -0.3 is 10.8 Å². The standard InChI is InChI=1S/C7H6N4O2/c8-3-4-5(1-2-6(12)13)10-11-7(4)9/h1-2H,(H,12,13)(H3,9,10,11). The number of anilines is 1. The predicted molar refractivity (Wildman–Crippen MR) is 44.4 cm³/mol. The van der Waals surface area contributed by atoms with E-state index in [1.54, 1.807) is 6.07 Å². The van der Waals surface area contributed by atoms with Crippen molar-refractivity contribution in [2.75, 3.05) is 5.73 Å². The lowest BCUT2D eigenvalue weighted by Crippen LogP contribution is -1.88. The number of nitrogen functional groups attached to an aromatic ring is 1. The van der Waals surface area contributed by atoms with Crippen molar-refractivity contribution in [1.29, 1.82) is 5.26 Å². The Balaban J connectivity index is 3.03. The molecule has 1 aromatic heterocycles. The van der Waals surface area contributed by atoms with Gasteiger partial charge in [0.05, 0.1) is 5.69 Å². The number of nitriles is 1. The van der Waals surface area contributed by atoms with E-state index in [1.165, 1.54) is 6.08 Å². The molecule has 0 saturated heterocycles. The van der Waals surface area contributed by atoms with Crippen LogP contribution in [0, 0.1) is 11.3 Å². The van der Waals surface area contributed by atoms with Gasteiger partial charge in [-0.05, 0) is 6.08 Å². The van der Waals surface area contributed by atoms with Gasteiger partial charge in [-0.3, -0.25) is 5.10 Å². The van der Waals surface area contributed by atoms with Crippen molar-refractivity contribution < 1.29 is 9.90 Å². The fourth-order valence-corrected chi connectivity index (χ4v) is 0.763. The van der Waals surface area contributed by atoms with Crippen LogP contribution >= 0.6 is 0 Å². The zero-order valence-corrected chi connectivity index (χ0v) is 6.48. The molecule has 1 heterocycles. The van der Waals surface area contributed by atoms with E-state index in [0.717, 1.165) is 6.08 Å². The monoisotopic (exact) mass is 178 g/mol. The molecule has 0 atom stereocenters. The Morgan fingerprint density at radius 3 is 3.00 bits per heavy atom. The first-order valence-corrected chi connectivity index (χ1v) is 3.30. The highest BCUT2D eigenvalue weighted by atomic mass is 16.4. The van der Waals surface area contributed by atoms with Crippen molar-refractivity contribution >= 4 is 17.9 Å². The highest BCUT2D eigenvalue weighted by Gasteiger charge is 2.06.